The molecular weight excluding hydrogens is 470 g/mol. The fourth-order valence-electron chi connectivity index (χ4n) is 3.96. The molecule has 0 saturated carbocycles. The Labute approximate surface area is 203 Å². The summed E-state index contributed by atoms with van der Waals surface area (Å²) in [7, 11) is -3.90. The van der Waals surface area contributed by atoms with Crippen molar-refractivity contribution in [2.24, 2.45) is 0 Å². The zero-order chi connectivity index (χ0) is 23.7. The molecule has 8 heteroatoms. The molecule has 1 unspecified atom stereocenters. The van der Waals surface area contributed by atoms with Gasteiger partial charge < -0.3 is 10.2 Å². The van der Waals surface area contributed by atoms with Crippen LogP contribution in [0.15, 0.2) is 95.9 Å². The number of aromatic nitrogens is 1. The van der Waals surface area contributed by atoms with E-state index in [1.165, 1.54) is 4.41 Å². The van der Waals surface area contributed by atoms with Gasteiger partial charge in [0.05, 0.1) is 28.8 Å². The second-order valence-electron chi connectivity index (χ2n) is 7.77. The van der Waals surface area contributed by atoms with Crippen LogP contribution in [0.2, 0.25) is 5.15 Å². The Kier molecular flexibility index (Phi) is 6.00. The molecular formula is C26H22ClN3O3S. The van der Waals surface area contributed by atoms with Crippen LogP contribution >= 0.6 is 11.6 Å². The first-order chi connectivity index (χ1) is 16.5. The highest BCUT2D eigenvalue weighted by Gasteiger charge is 2.38. The first kappa shape index (κ1) is 22.4. The van der Waals surface area contributed by atoms with Gasteiger partial charge in [-0.15, -0.1) is 4.41 Å². The molecule has 1 aliphatic rings. The summed E-state index contributed by atoms with van der Waals surface area (Å²) in [5.74, 6) is 0.702. The van der Waals surface area contributed by atoms with Gasteiger partial charge in [-0.25, -0.2) is 13.4 Å². The summed E-state index contributed by atoms with van der Waals surface area (Å²) in [6.07, 6.45) is 1.86. The van der Waals surface area contributed by atoms with Crippen molar-refractivity contribution in [3.63, 3.8) is 0 Å². The highest BCUT2D eigenvalue weighted by Crippen LogP contribution is 2.39. The molecule has 34 heavy (non-hydrogen) atoms. The van der Waals surface area contributed by atoms with Crippen LogP contribution in [-0.2, 0) is 10.0 Å². The van der Waals surface area contributed by atoms with Crippen LogP contribution in [0, 0.1) is 0 Å². The number of sulfonamides is 1. The number of nitrogens with zero attached hydrogens (tertiary/aromatic N) is 2. The predicted molar refractivity (Wildman–Crippen MR) is 134 cm³/mol. The lowest BCUT2D eigenvalue weighted by molar-refractivity contribution is 0.340. The van der Waals surface area contributed by atoms with Gasteiger partial charge in [0.2, 0.25) is 0 Å². The van der Waals surface area contributed by atoms with Crippen LogP contribution in [0.25, 0.3) is 16.6 Å². The number of benzene rings is 3. The number of hydrogen-bond donors (Lipinski definition) is 1. The largest absolute Gasteiger partial charge is 0.494 e. The van der Waals surface area contributed by atoms with E-state index in [2.05, 4.69) is 10.4 Å². The third-order valence-electron chi connectivity index (χ3n) is 5.59. The van der Waals surface area contributed by atoms with Gasteiger partial charge in [-0.1, -0.05) is 60.1 Å². The highest BCUT2D eigenvalue weighted by molar-refractivity contribution is 7.89. The van der Waals surface area contributed by atoms with Crippen molar-refractivity contribution in [1.29, 1.82) is 0 Å². The number of halogens is 1. The molecule has 0 saturated heterocycles. The molecule has 0 amide bonds. The van der Waals surface area contributed by atoms with E-state index in [9.17, 15) is 8.42 Å². The summed E-state index contributed by atoms with van der Waals surface area (Å²) in [5.41, 5.74) is 5.89. The van der Waals surface area contributed by atoms with Crippen LogP contribution in [0.4, 0.5) is 0 Å². The van der Waals surface area contributed by atoms with E-state index in [4.69, 9.17) is 16.3 Å². The van der Waals surface area contributed by atoms with Crippen molar-refractivity contribution in [3.05, 3.63) is 107 Å². The second-order valence-corrected chi connectivity index (χ2v) is 9.95. The molecule has 0 bridgehead atoms. The molecule has 1 aliphatic heterocycles. The summed E-state index contributed by atoms with van der Waals surface area (Å²) in [5, 5.41) is 1.06. The molecule has 1 atom stereocenters. The molecule has 2 heterocycles. The van der Waals surface area contributed by atoms with E-state index in [1.54, 1.807) is 30.3 Å². The van der Waals surface area contributed by atoms with Gasteiger partial charge >= 0.3 is 0 Å². The lowest BCUT2D eigenvalue weighted by Crippen LogP contribution is -2.39. The van der Waals surface area contributed by atoms with Crippen molar-refractivity contribution in [3.8, 4) is 5.75 Å². The van der Waals surface area contributed by atoms with E-state index >= 15 is 0 Å². The van der Waals surface area contributed by atoms with Crippen molar-refractivity contribution >= 4 is 38.2 Å². The molecule has 1 N–H and O–H groups in total. The Morgan fingerprint density at radius 2 is 1.71 bits per heavy atom. The van der Waals surface area contributed by atoms with E-state index in [-0.39, 0.29) is 10.0 Å². The summed E-state index contributed by atoms with van der Waals surface area (Å²) in [6.45, 7) is 2.46. The van der Waals surface area contributed by atoms with Crippen molar-refractivity contribution in [2.45, 2.75) is 17.9 Å². The van der Waals surface area contributed by atoms with Crippen LogP contribution in [0.5, 0.6) is 5.75 Å². The maximum Gasteiger partial charge on any atom is 0.260 e. The van der Waals surface area contributed by atoms with Gasteiger partial charge in [-0.2, -0.15) is 0 Å². The van der Waals surface area contributed by atoms with Crippen LogP contribution in [0.3, 0.4) is 0 Å². The number of ether oxygens (including phenoxy) is 1. The molecule has 0 aliphatic carbocycles. The Bertz CT molecular complexity index is 1480. The quantitative estimate of drug-likeness (QED) is 0.356. The fraction of sp³-hybridized carbons (Fsp3) is 0.115. The fourth-order valence-corrected chi connectivity index (χ4v) is 5.64. The van der Waals surface area contributed by atoms with Crippen LogP contribution in [0.1, 0.15) is 24.1 Å². The average molecular weight is 492 g/mol. The molecule has 4 aromatic rings. The molecule has 0 radical (unpaired) electrons. The van der Waals surface area contributed by atoms with E-state index in [0.717, 1.165) is 10.9 Å². The molecule has 5 rings (SSSR count). The molecule has 3 aromatic carbocycles. The topological polar surface area (TPSA) is 71.5 Å². The van der Waals surface area contributed by atoms with Gasteiger partial charge in [0.1, 0.15) is 10.9 Å². The van der Waals surface area contributed by atoms with Crippen molar-refractivity contribution in [2.75, 3.05) is 6.61 Å². The third kappa shape index (κ3) is 4.14. The number of fused-ring (bicyclic) bond motifs is 1. The standard InChI is InChI=1S/C26H22ClN3O3S/c1-2-33-20-14-13-19-15-22(26(27)28-23(19)16-20)25-17-24(18-9-5-3-6-10-18)29-30(25)34(31,32)21-11-7-4-8-12-21/h3-17,25,29H,2H2,1H3. The van der Waals surface area contributed by atoms with E-state index in [1.807, 2.05) is 67.6 Å². The zero-order valence-electron chi connectivity index (χ0n) is 18.4. The van der Waals surface area contributed by atoms with Gasteiger partial charge in [0.15, 0.2) is 0 Å². The highest BCUT2D eigenvalue weighted by atomic mass is 35.5. The number of nitrogens with one attached hydrogen (secondary N) is 1. The smallest absolute Gasteiger partial charge is 0.260 e. The van der Waals surface area contributed by atoms with Gasteiger partial charge in [0, 0.05) is 17.0 Å². The summed E-state index contributed by atoms with van der Waals surface area (Å²) in [4.78, 5) is 4.74. The predicted octanol–water partition coefficient (Wildman–Crippen LogP) is 5.58. The monoisotopic (exact) mass is 491 g/mol. The van der Waals surface area contributed by atoms with Gasteiger partial charge in [-0.3, -0.25) is 0 Å². The first-order valence-corrected chi connectivity index (χ1v) is 12.7. The lowest BCUT2D eigenvalue weighted by Gasteiger charge is -2.25. The number of rotatable bonds is 6. The molecule has 0 fully saturated rings. The van der Waals surface area contributed by atoms with Crippen LogP contribution in [-0.4, -0.2) is 24.4 Å². The SMILES string of the molecule is CCOc1ccc2cc(C3C=C(c4ccccc4)NN3S(=O)(=O)c3ccccc3)c(Cl)nc2c1. The number of hydrazine groups is 1. The summed E-state index contributed by atoms with van der Waals surface area (Å²) < 4.78 is 34.1. The first-order valence-electron chi connectivity index (χ1n) is 10.8. The van der Waals surface area contributed by atoms with E-state index in [0.29, 0.717) is 29.1 Å². The van der Waals surface area contributed by atoms with E-state index < -0.39 is 16.1 Å². The molecule has 1 aromatic heterocycles. The maximum absolute atomic E-state index is 13.6. The normalized spacial score (nSPS) is 16.3. The molecule has 0 spiro atoms. The molecule has 172 valence electrons. The van der Waals surface area contributed by atoms with Crippen LogP contribution < -0.4 is 10.2 Å². The Morgan fingerprint density at radius 1 is 1.00 bits per heavy atom. The minimum absolute atomic E-state index is 0.182. The average Bonchev–Trinajstić information content (AvgIpc) is 3.31. The zero-order valence-corrected chi connectivity index (χ0v) is 19.9. The third-order valence-corrected chi connectivity index (χ3v) is 7.60. The lowest BCUT2D eigenvalue weighted by atomic mass is 10.0. The van der Waals surface area contributed by atoms with Gasteiger partial charge in [0.25, 0.3) is 10.0 Å². The Morgan fingerprint density at radius 3 is 2.41 bits per heavy atom. The minimum Gasteiger partial charge on any atom is -0.494 e. The maximum atomic E-state index is 13.6. The minimum atomic E-state index is -3.90. The van der Waals surface area contributed by atoms with Crippen molar-refractivity contribution < 1.29 is 13.2 Å². The second kappa shape index (κ2) is 9.10. The van der Waals surface area contributed by atoms with Crippen molar-refractivity contribution in [1.82, 2.24) is 14.8 Å². The summed E-state index contributed by atoms with van der Waals surface area (Å²) in [6, 6.07) is 24.7. The Balaban J connectivity index is 1.63. The molecule has 6 nitrogen and oxygen atoms in total. The number of hydrogen-bond acceptors (Lipinski definition) is 5. The summed E-state index contributed by atoms with van der Waals surface area (Å²) >= 11 is 6.64. The number of pyridine rings is 1. The Hall–Kier alpha value is -3.39. The van der Waals surface area contributed by atoms with Gasteiger partial charge in [-0.05, 0) is 48.9 Å².